The lowest BCUT2D eigenvalue weighted by molar-refractivity contribution is 0.112. The maximum absolute atomic E-state index is 10.7. The van der Waals surface area contributed by atoms with Crippen LogP contribution in [0.25, 0.3) is 10.8 Å². The molecule has 0 atom stereocenters. The van der Waals surface area contributed by atoms with E-state index < -0.39 is 0 Å². The molecule has 0 radical (unpaired) electrons. The average molecular weight is 172 g/mol. The number of rotatable bonds is 1. The van der Waals surface area contributed by atoms with Crippen molar-refractivity contribution in [1.82, 2.24) is 0 Å². The quantitative estimate of drug-likeness (QED) is 0.670. The van der Waals surface area contributed by atoms with Gasteiger partial charge in [-0.3, -0.25) is 4.79 Å². The van der Waals surface area contributed by atoms with Crippen LogP contribution in [0, 0.1) is 0 Å². The standard InChI is InChI=1S/C11H8O2/c12-7-8-3-1-5-10-9(8)4-2-6-11(10)13/h1-7,13H. The zero-order valence-corrected chi connectivity index (χ0v) is 6.90. The molecule has 2 nitrogen and oxygen atoms in total. The van der Waals surface area contributed by atoms with Crippen molar-refractivity contribution in [3.05, 3.63) is 42.0 Å². The van der Waals surface area contributed by atoms with Crippen LogP contribution in [0.2, 0.25) is 0 Å². The Morgan fingerprint density at radius 1 is 1.00 bits per heavy atom. The van der Waals surface area contributed by atoms with E-state index in [0.717, 1.165) is 11.7 Å². The largest absolute Gasteiger partial charge is 0.507 e. The maximum Gasteiger partial charge on any atom is 0.150 e. The van der Waals surface area contributed by atoms with Crippen molar-refractivity contribution >= 4 is 17.1 Å². The SMILES string of the molecule is O=Cc1cccc2c(O)cccc12. The minimum Gasteiger partial charge on any atom is -0.507 e. The molecule has 0 saturated carbocycles. The highest BCUT2D eigenvalue weighted by molar-refractivity contribution is 6.00. The highest BCUT2D eigenvalue weighted by atomic mass is 16.3. The number of hydrogen-bond acceptors (Lipinski definition) is 2. The number of aldehydes is 1. The van der Waals surface area contributed by atoms with E-state index in [1.807, 2.05) is 6.07 Å². The number of phenols is 1. The number of hydrogen-bond donors (Lipinski definition) is 1. The first-order chi connectivity index (χ1) is 6.33. The van der Waals surface area contributed by atoms with Crippen LogP contribution in [0.1, 0.15) is 10.4 Å². The molecule has 0 bridgehead atoms. The Morgan fingerprint density at radius 2 is 1.69 bits per heavy atom. The van der Waals surface area contributed by atoms with Gasteiger partial charge < -0.3 is 5.11 Å². The highest BCUT2D eigenvalue weighted by Gasteiger charge is 2.01. The maximum atomic E-state index is 10.7. The highest BCUT2D eigenvalue weighted by Crippen LogP contribution is 2.25. The Hall–Kier alpha value is -1.83. The van der Waals surface area contributed by atoms with Crippen molar-refractivity contribution in [2.24, 2.45) is 0 Å². The molecule has 2 aromatic rings. The van der Waals surface area contributed by atoms with Gasteiger partial charge in [-0.25, -0.2) is 0 Å². The van der Waals surface area contributed by atoms with Gasteiger partial charge in [0.25, 0.3) is 0 Å². The van der Waals surface area contributed by atoms with Crippen LogP contribution in [-0.2, 0) is 0 Å². The van der Waals surface area contributed by atoms with Crippen molar-refractivity contribution in [3.8, 4) is 5.75 Å². The molecule has 2 aromatic carbocycles. The fraction of sp³-hybridized carbons (Fsp3) is 0. The molecule has 64 valence electrons. The van der Waals surface area contributed by atoms with Crippen molar-refractivity contribution in [2.45, 2.75) is 0 Å². The molecule has 2 heteroatoms. The molecule has 0 saturated heterocycles. The van der Waals surface area contributed by atoms with E-state index in [-0.39, 0.29) is 5.75 Å². The summed E-state index contributed by atoms with van der Waals surface area (Å²) in [6.07, 6.45) is 0.793. The first-order valence-electron chi connectivity index (χ1n) is 3.99. The molecule has 0 fully saturated rings. The Balaban J connectivity index is 2.92. The molecule has 0 spiro atoms. The predicted octanol–water partition coefficient (Wildman–Crippen LogP) is 2.36. The molecule has 0 aliphatic carbocycles. The fourth-order valence-corrected chi connectivity index (χ4v) is 1.42. The molecule has 1 N–H and O–H groups in total. The summed E-state index contributed by atoms with van der Waals surface area (Å²) in [7, 11) is 0. The first-order valence-corrected chi connectivity index (χ1v) is 3.99. The molecule has 0 unspecified atom stereocenters. The van der Waals surface area contributed by atoms with Crippen molar-refractivity contribution in [1.29, 1.82) is 0 Å². The third-order valence-electron chi connectivity index (χ3n) is 2.06. The van der Waals surface area contributed by atoms with Gasteiger partial charge in [0.05, 0.1) is 0 Å². The Morgan fingerprint density at radius 3 is 2.46 bits per heavy atom. The van der Waals surface area contributed by atoms with E-state index in [9.17, 15) is 9.90 Å². The monoisotopic (exact) mass is 172 g/mol. The van der Waals surface area contributed by atoms with E-state index in [1.54, 1.807) is 30.3 Å². The second-order valence-electron chi connectivity index (χ2n) is 2.84. The van der Waals surface area contributed by atoms with Gasteiger partial charge in [-0.15, -0.1) is 0 Å². The molecule has 2 rings (SSSR count). The van der Waals surface area contributed by atoms with Crippen molar-refractivity contribution < 1.29 is 9.90 Å². The van der Waals surface area contributed by atoms with E-state index in [1.165, 1.54) is 0 Å². The van der Waals surface area contributed by atoms with Crippen LogP contribution in [0.4, 0.5) is 0 Å². The van der Waals surface area contributed by atoms with Crippen molar-refractivity contribution in [2.75, 3.05) is 0 Å². The summed E-state index contributed by atoms with van der Waals surface area (Å²) in [6.45, 7) is 0. The second-order valence-corrected chi connectivity index (χ2v) is 2.84. The van der Waals surface area contributed by atoms with Gasteiger partial charge in [-0.1, -0.05) is 30.3 Å². The molecular formula is C11H8O2. The normalized spacial score (nSPS) is 10.2. The fourth-order valence-electron chi connectivity index (χ4n) is 1.42. The summed E-state index contributed by atoms with van der Waals surface area (Å²) in [6, 6.07) is 10.4. The topological polar surface area (TPSA) is 37.3 Å². The molecule has 0 aliphatic rings. The lowest BCUT2D eigenvalue weighted by atomic mass is 10.1. The number of phenolic OH excluding ortho intramolecular Hbond substituents is 1. The number of carbonyl (C=O) groups is 1. The van der Waals surface area contributed by atoms with Gasteiger partial charge >= 0.3 is 0 Å². The lowest BCUT2D eigenvalue weighted by Gasteiger charge is -2.01. The van der Waals surface area contributed by atoms with Crippen LogP contribution in [-0.4, -0.2) is 11.4 Å². The van der Waals surface area contributed by atoms with E-state index in [0.29, 0.717) is 10.9 Å². The van der Waals surface area contributed by atoms with Gasteiger partial charge in [0.2, 0.25) is 0 Å². The van der Waals surface area contributed by atoms with Gasteiger partial charge in [0.1, 0.15) is 5.75 Å². The lowest BCUT2D eigenvalue weighted by Crippen LogP contribution is -1.82. The molecule has 13 heavy (non-hydrogen) atoms. The van der Waals surface area contributed by atoms with Gasteiger partial charge in [-0.2, -0.15) is 0 Å². The zero-order chi connectivity index (χ0) is 9.26. The number of carbonyl (C=O) groups excluding carboxylic acids is 1. The third kappa shape index (κ3) is 1.16. The van der Waals surface area contributed by atoms with Crippen LogP contribution < -0.4 is 0 Å². The Kier molecular flexibility index (Phi) is 1.74. The van der Waals surface area contributed by atoms with E-state index >= 15 is 0 Å². The van der Waals surface area contributed by atoms with E-state index in [2.05, 4.69) is 0 Å². The molecule has 0 amide bonds. The van der Waals surface area contributed by atoms with Crippen LogP contribution in [0.5, 0.6) is 5.75 Å². The number of fused-ring (bicyclic) bond motifs is 1. The molecule has 0 aromatic heterocycles. The van der Waals surface area contributed by atoms with Gasteiger partial charge in [0, 0.05) is 10.9 Å². The molecule has 0 heterocycles. The number of aromatic hydroxyl groups is 1. The second kappa shape index (κ2) is 2.90. The zero-order valence-electron chi connectivity index (χ0n) is 6.90. The molecule has 0 aliphatic heterocycles. The summed E-state index contributed by atoms with van der Waals surface area (Å²) >= 11 is 0. The van der Waals surface area contributed by atoms with Crippen LogP contribution >= 0.6 is 0 Å². The Labute approximate surface area is 75.4 Å². The van der Waals surface area contributed by atoms with Crippen molar-refractivity contribution in [3.63, 3.8) is 0 Å². The third-order valence-corrected chi connectivity index (χ3v) is 2.06. The summed E-state index contributed by atoms with van der Waals surface area (Å²) < 4.78 is 0. The smallest absolute Gasteiger partial charge is 0.150 e. The Bertz CT molecular complexity index is 461. The summed E-state index contributed by atoms with van der Waals surface area (Å²) in [5, 5.41) is 11.0. The summed E-state index contributed by atoms with van der Waals surface area (Å²) in [4.78, 5) is 10.7. The van der Waals surface area contributed by atoms with Crippen LogP contribution in [0.3, 0.4) is 0 Å². The van der Waals surface area contributed by atoms with Gasteiger partial charge in [-0.05, 0) is 11.5 Å². The first kappa shape index (κ1) is 7.80. The predicted molar refractivity (Wildman–Crippen MR) is 51.0 cm³/mol. The van der Waals surface area contributed by atoms with E-state index in [4.69, 9.17) is 0 Å². The molecular weight excluding hydrogens is 164 g/mol. The minimum absolute atomic E-state index is 0.209. The van der Waals surface area contributed by atoms with Gasteiger partial charge in [0.15, 0.2) is 6.29 Å². The summed E-state index contributed by atoms with van der Waals surface area (Å²) in [5.41, 5.74) is 0.605. The minimum atomic E-state index is 0.209. The average Bonchev–Trinajstić information content (AvgIpc) is 2.18. The summed E-state index contributed by atoms with van der Waals surface area (Å²) in [5.74, 6) is 0.209. The number of benzene rings is 2. The van der Waals surface area contributed by atoms with Crippen LogP contribution in [0.15, 0.2) is 36.4 Å².